The first-order valence-corrected chi connectivity index (χ1v) is 6.58. The molecule has 4 nitrogen and oxygen atoms in total. The lowest BCUT2D eigenvalue weighted by atomic mass is 10.1. The zero-order chi connectivity index (χ0) is 13.8. The normalized spacial score (nSPS) is 10.8. The molecular weight excluding hydrogens is 244 g/mol. The molecule has 1 aromatic carbocycles. The highest BCUT2D eigenvalue weighted by Gasteiger charge is 2.11. The van der Waals surface area contributed by atoms with Crippen LogP contribution >= 0.6 is 0 Å². The van der Waals surface area contributed by atoms with Gasteiger partial charge < -0.3 is 14.3 Å². The topological polar surface area (TPSA) is 59.7 Å². The summed E-state index contributed by atoms with van der Waals surface area (Å²) < 4.78 is 10.8. The lowest BCUT2D eigenvalue weighted by Gasteiger charge is -2.12. The van der Waals surface area contributed by atoms with Gasteiger partial charge in [-0.1, -0.05) is 20.3 Å². The first kappa shape index (κ1) is 13.5. The van der Waals surface area contributed by atoms with E-state index in [0.29, 0.717) is 17.6 Å². The van der Waals surface area contributed by atoms with Gasteiger partial charge in [0, 0.05) is 6.07 Å². The lowest BCUT2D eigenvalue weighted by molar-refractivity contribution is 0.314. The largest absolute Gasteiger partial charge is 0.507 e. The summed E-state index contributed by atoms with van der Waals surface area (Å²) >= 11 is 0. The smallest absolute Gasteiger partial charge is 0.339 e. The highest BCUT2D eigenvalue weighted by molar-refractivity contribution is 5.85. The Morgan fingerprint density at radius 3 is 2.68 bits per heavy atom. The van der Waals surface area contributed by atoms with E-state index in [2.05, 4.69) is 6.92 Å². The molecular formula is C15H18O4. The Morgan fingerprint density at radius 2 is 2.00 bits per heavy atom. The van der Waals surface area contributed by atoms with Crippen LogP contribution in [0.2, 0.25) is 0 Å². The Hall–Kier alpha value is -1.97. The number of rotatable bonds is 5. The van der Waals surface area contributed by atoms with Crippen LogP contribution in [0.4, 0.5) is 0 Å². The monoisotopic (exact) mass is 262 g/mol. The van der Waals surface area contributed by atoms with Gasteiger partial charge in [0.15, 0.2) is 0 Å². The van der Waals surface area contributed by atoms with E-state index in [1.807, 2.05) is 13.0 Å². The number of ether oxygens (including phenoxy) is 1. The van der Waals surface area contributed by atoms with E-state index in [0.717, 1.165) is 36.6 Å². The van der Waals surface area contributed by atoms with Crippen LogP contribution in [0.1, 0.15) is 32.3 Å². The van der Waals surface area contributed by atoms with Crippen LogP contribution in [-0.2, 0) is 6.42 Å². The maximum Gasteiger partial charge on any atom is 0.339 e. The third kappa shape index (κ3) is 2.89. The fourth-order valence-corrected chi connectivity index (χ4v) is 2.03. The summed E-state index contributed by atoms with van der Waals surface area (Å²) in [5, 5.41) is 10.4. The van der Waals surface area contributed by atoms with Gasteiger partial charge in [-0.25, -0.2) is 4.79 Å². The molecule has 0 radical (unpaired) electrons. The van der Waals surface area contributed by atoms with Gasteiger partial charge in [-0.2, -0.15) is 0 Å². The van der Waals surface area contributed by atoms with Crippen LogP contribution < -0.4 is 10.4 Å². The number of fused-ring (bicyclic) bond motifs is 1. The second kappa shape index (κ2) is 5.78. The number of hydrogen-bond donors (Lipinski definition) is 1. The summed E-state index contributed by atoms with van der Waals surface area (Å²) in [7, 11) is 0. The van der Waals surface area contributed by atoms with Gasteiger partial charge in [0.05, 0.1) is 18.1 Å². The molecule has 0 unspecified atom stereocenters. The Balaban J connectivity index is 2.58. The standard InChI is InChI=1S/C15H18O4/c1-3-5-10-7-11-12(16)8-15(17)19-14(11)9-13(10)18-6-4-2/h7-9,16H,3-6H2,1-2H3. The molecule has 0 saturated heterocycles. The van der Waals surface area contributed by atoms with Crippen molar-refractivity contribution < 1.29 is 14.3 Å². The van der Waals surface area contributed by atoms with Crippen molar-refractivity contribution in [2.45, 2.75) is 33.1 Å². The zero-order valence-electron chi connectivity index (χ0n) is 11.2. The second-order valence-electron chi connectivity index (χ2n) is 4.51. The van der Waals surface area contributed by atoms with Crippen molar-refractivity contribution in [1.29, 1.82) is 0 Å². The molecule has 0 spiro atoms. The maximum absolute atomic E-state index is 11.3. The third-order valence-corrected chi connectivity index (χ3v) is 2.88. The summed E-state index contributed by atoms with van der Waals surface area (Å²) in [6.45, 7) is 4.73. The SMILES string of the molecule is CCCOc1cc2oc(=O)cc(O)c2cc1CCC. The molecule has 1 N–H and O–H groups in total. The van der Waals surface area contributed by atoms with Gasteiger partial charge in [-0.05, 0) is 24.5 Å². The molecule has 2 rings (SSSR count). The van der Waals surface area contributed by atoms with E-state index < -0.39 is 5.63 Å². The number of benzene rings is 1. The third-order valence-electron chi connectivity index (χ3n) is 2.88. The number of hydrogen-bond acceptors (Lipinski definition) is 4. The molecule has 0 atom stereocenters. The lowest BCUT2D eigenvalue weighted by Crippen LogP contribution is -2.01. The molecule has 19 heavy (non-hydrogen) atoms. The van der Waals surface area contributed by atoms with Gasteiger partial charge in [0.2, 0.25) is 0 Å². The van der Waals surface area contributed by atoms with E-state index in [1.165, 1.54) is 0 Å². The van der Waals surface area contributed by atoms with Gasteiger partial charge >= 0.3 is 5.63 Å². The summed E-state index contributed by atoms with van der Waals surface area (Å²) in [5.74, 6) is 0.676. The van der Waals surface area contributed by atoms with Crippen molar-refractivity contribution in [3.05, 3.63) is 34.2 Å². The van der Waals surface area contributed by atoms with Gasteiger partial charge in [-0.15, -0.1) is 0 Å². The van der Waals surface area contributed by atoms with Crippen molar-refractivity contribution in [1.82, 2.24) is 0 Å². The average molecular weight is 262 g/mol. The van der Waals surface area contributed by atoms with Crippen molar-refractivity contribution in [2.75, 3.05) is 6.61 Å². The predicted molar refractivity (Wildman–Crippen MR) is 73.9 cm³/mol. The first-order chi connectivity index (χ1) is 9.15. The summed E-state index contributed by atoms with van der Waals surface area (Å²) in [6, 6.07) is 4.61. The highest BCUT2D eigenvalue weighted by Crippen LogP contribution is 2.31. The molecule has 2 aromatic rings. The minimum atomic E-state index is -0.560. The van der Waals surface area contributed by atoms with Crippen LogP contribution in [0.25, 0.3) is 11.0 Å². The minimum Gasteiger partial charge on any atom is -0.507 e. The zero-order valence-corrected chi connectivity index (χ0v) is 11.2. The summed E-state index contributed by atoms with van der Waals surface area (Å²) in [5.41, 5.74) is 0.818. The quantitative estimate of drug-likeness (QED) is 0.840. The molecule has 0 aliphatic carbocycles. The molecule has 4 heteroatoms. The first-order valence-electron chi connectivity index (χ1n) is 6.58. The van der Waals surface area contributed by atoms with Gasteiger partial charge in [0.1, 0.15) is 17.1 Å². The average Bonchev–Trinajstić information content (AvgIpc) is 2.37. The Labute approximate surface area is 111 Å². The fraction of sp³-hybridized carbons (Fsp3) is 0.400. The van der Waals surface area contributed by atoms with Gasteiger partial charge in [-0.3, -0.25) is 0 Å². The van der Waals surface area contributed by atoms with Crippen molar-refractivity contribution in [3.63, 3.8) is 0 Å². The molecule has 1 heterocycles. The van der Waals surface area contributed by atoms with Crippen molar-refractivity contribution in [3.8, 4) is 11.5 Å². The fourth-order valence-electron chi connectivity index (χ4n) is 2.03. The number of aryl methyl sites for hydroxylation is 1. The predicted octanol–water partition coefficient (Wildman–Crippen LogP) is 3.24. The molecule has 0 saturated carbocycles. The molecule has 0 bridgehead atoms. The Bertz CT molecular complexity index is 628. The molecule has 1 aromatic heterocycles. The van der Waals surface area contributed by atoms with Crippen LogP contribution in [0.15, 0.2) is 27.4 Å². The molecule has 0 aliphatic rings. The maximum atomic E-state index is 11.3. The van der Waals surface area contributed by atoms with Crippen LogP contribution in [0.3, 0.4) is 0 Å². The van der Waals surface area contributed by atoms with Gasteiger partial charge in [0.25, 0.3) is 0 Å². The Kier molecular flexibility index (Phi) is 4.10. The molecule has 0 aliphatic heterocycles. The van der Waals surface area contributed by atoms with E-state index in [1.54, 1.807) is 6.07 Å². The van der Waals surface area contributed by atoms with Crippen LogP contribution in [0.5, 0.6) is 11.5 Å². The molecule has 0 fully saturated rings. The van der Waals surface area contributed by atoms with Crippen molar-refractivity contribution in [2.24, 2.45) is 0 Å². The van der Waals surface area contributed by atoms with Crippen LogP contribution in [0, 0.1) is 0 Å². The second-order valence-corrected chi connectivity index (χ2v) is 4.51. The minimum absolute atomic E-state index is 0.0503. The van der Waals surface area contributed by atoms with E-state index in [4.69, 9.17) is 9.15 Å². The van der Waals surface area contributed by atoms with E-state index in [9.17, 15) is 9.90 Å². The molecule has 102 valence electrons. The Morgan fingerprint density at radius 1 is 1.21 bits per heavy atom. The molecule has 0 amide bonds. The van der Waals surface area contributed by atoms with Crippen molar-refractivity contribution >= 4 is 11.0 Å². The summed E-state index contributed by atoms with van der Waals surface area (Å²) in [6.07, 6.45) is 2.74. The van der Waals surface area contributed by atoms with E-state index >= 15 is 0 Å². The van der Waals surface area contributed by atoms with Crippen LogP contribution in [-0.4, -0.2) is 11.7 Å². The summed E-state index contributed by atoms with van der Waals surface area (Å²) in [4.78, 5) is 11.3. The van der Waals surface area contributed by atoms with E-state index in [-0.39, 0.29) is 5.75 Å². The highest BCUT2D eigenvalue weighted by atomic mass is 16.5. The number of aromatic hydroxyl groups is 1.